The van der Waals surface area contributed by atoms with Gasteiger partial charge in [-0.05, 0) is 53.4 Å². The Morgan fingerprint density at radius 1 is 0.944 bits per heavy atom. The van der Waals surface area contributed by atoms with Crippen LogP contribution < -0.4 is 15.0 Å². The Morgan fingerprint density at radius 2 is 1.78 bits per heavy atom. The predicted molar refractivity (Wildman–Crippen MR) is 136 cm³/mol. The third kappa shape index (κ3) is 4.13. The molecule has 0 unspecified atom stereocenters. The Hall–Kier alpha value is -4.40. The minimum absolute atomic E-state index is 0.222. The van der Waals surface area contributed by atoms with Crippen LogP contribution in [0.2, 0.25) is 0 Å². The van der Waals surface area contributed by atoms with Gasteiger partial charge in [0.1, 0.15) is 5.75 Å². The lowest BCUT2D eigenvalue weighted by Crippen LogP contribution is -2.14. The summed E-state index contributed by atoms with van der Waals surface area (Å²) < 4.78 is 46.1. The molecular formula is C27H22F3N5O. The first-order valence-electron chi connectivity index (χ1n) is 11.1. The van der Waals surface area contributed by atoms with Gasteiger partial charge in [-0.3, -0.25) is 4.98 Å². The molecule has 36 heavy (non-hydrogen) atoms. The molecule has 1 N–H and O–H groups in total. The molecule has 0 atom stereocenters. The maximum absolute atomic E-state index is 13.7. The molecule has 0 bridgehead atoms. The number of hydrogen-bond acceptors (Lipinski definition) is 6. The minimum atomic E-state index is -4.55. The molecule has 182 valence electrons. The van der Waals surface area contributed by atoms with Crippen LogP contribution in [0.1, 0.15) is 5.56 Å². The molecule has 0 spiro atoms. The molecule has 0 aliphatic rings. The summed E-state index contributed by atoms with van der Waals surface area (Å²) in [6, 6.07) is 15.6. The number of pyridine rings is 1. The Bertz CT molecular complexity index is 1590. The predicted octanol–water partition coefficient (Wildman–Crippen LogP) is 6.68. The first-order valence-corrected chi connectivity index (χ1v) is 11.1. The quantitative estimate of drug-likeness (QED) is 0.297. The number of nitrogens with one attached hydrogen (secondary N) is 1. The lowest BCUT2D eigenvalue weighted by Gasteiger charge is -2.25. The number of ether oxygens (including phenoxy) is 1. The lowest BCUT2D eigenvalue weighted by molar-refractivity contribution is -0.138. The first kappa shape index (κ1) is 23.3. The maximum atomic E-state index is 13.7. The zero-order valence-corrected chi connectivity index (χ0v) is 19.8. The van der Waals surface area contributed by atoms with Gasteiger partial charge in [0.25, 0.3) is 0 Å². The van der Waals surface area contributed by atoms with Crippen LogP contribution >= 0.6 is 0 Å². The second-order valence-corrected chi connectivity index (χ2v) is 8.22. The normalized spacial score (nSPS) is 11.6. The van der Waals surface area contributed by atoms with E-state index in [1.165, 1.54) is 13.2 Å². The van der Waals surface area contributed by atoms with Crippen molar-refractivity contribution in [1.29, 1.82) is 0 Å². The number of benzene rings is 3. The molecule has 0 fully saturated rings. The van der Waals surface area contributed by atoms with Gasteiger partial charge in [0.15, 0.2) is 0 Å². The lowest BCUT2D eigenvalue weighted by atomic mass is 9.95. The standard InChI is InChI=1S/C27H22F3N5O/c1-31-26-33-15-18-12-16(4-7-22(18)34-26)25-20-10-11-32-14-17(20)5-8-23(25)35(2)19-6-9-24(36-3)21(13-19)27(28,29)30/h4-15H,1-3H3,(H,31,33,34). The molecule has 9 heteroatoms. The number of hydrogen-bond donors (Lipinski definition) is 1. The van der Waals surface area contributed by atoms with Crippen molar-refractivity contribution in [3.05, 3.63) is 78.8 Å². The van der Waals surface area contributed by atoms with Gasteiger partial charge in [-0.1, -0.05) is 12.1 Å². The molecule has 0 aliphatic heterocycles. The summed E-state index contributed by atoms with van der Waals surface area (Å²) in [6.45, 7) is 0. The summed E-state index contributed by atoms with van der Waals surface area (Å²) >= 11 is 0. The fourth-order valence-corrected chi connectivity index (χ4v) is 4.31. The Labute approximate surface area is 205 Å². The van der Waals surface area contributed by atoms with Gasteiger partial charge in [0.05, 0.1) is 18.2 Å². The summed E-state index contributed by atoms with van der Waals surface area (Å²) in [7, 11) is 4.73. The number of rotatable bonds is 5. The Kier molecular flexibility index (Phi) is 5.83. The van der Waals surface area contributed by atoms with E-state index in [0.717, 1.165) is 44.6 Å². The molecular weight excluding hydrogens is 467 g/mol. The van der Waals surface area contributed by atoms with Crippen LogP contribution in [0.3, 0.4) is 0 Å². The molecule has 6 nitrogen and oxygen atoms in total. The average molecular weight is 490 g/mol. The van der Waals surface area contributed by atoms with Gasteiger partial charge in [-0.25, -0.2) is 9.97 Å². The highest BCUT2D eigenvalue weighted by molar-refractivity contribution is 6.04. The molecule has 0 amide bonds. The summed E-state index contributed by atoms with van der Waals surface area (Å²) in [6.07, 6.45) is 0.659. The van der Waals surface area contributed by atoms with Crippen molar-refractivity contribution in [3.63, 3.8) is 0 Å². The second-order valence-electron chi connectivity index (χ2n) is 8.22. The van der Waals surface area contributed by atoms with Gasteiger partial charge < -0.3 is 15.0 Å². The zero-order chi connectivity index (χ0) is 25.4. The third-order valence-corrected chi connectivity index (χ3v) is 6.13. The van der Waals surface area contributed by atoms with Crippen molar-refractivity contribution in [2.45, 2.75) is 6.18 Å². The summed E-state index contributed by atoms with van der Waals surface area (Å²) in [4.78, 5) is 14.8. The maximum Gasteiger partial charge on any atom is 0.420 e. The van der Waals surface area contributed by atoms with E-state index in [4.69, 9.17) is 4.74 Å². The molecule has 2 aromatic heterocycles. The van der Waals surface area contributed by atoms with Crippen molar-refractivity contribution >= 4 is 39.0 Å². The highest BCUT2D eigenvalue weighted by atomic mass is 19.4. The highest BCUT2D eigenvalue weighted by Gasteiger charge is 2.35. The SMILES string of the molecule is CNc1ncc2cc(-c3c(N(C)c4ccc(OC)c(C(F)(F)F)c4)ccc4cnccc34)ccc2n1. The van der Waals surface area contributed by atoms with Crippen LogP contribution in [-0.2, 0) is 6.18 Å². The van der Waals surface area contributed by atoms with Gasteiger partial charge in [0, 0.05) is 60.4 Å². The van der Waals surface area contributed by atoms with Crippen molar-refractivity contribution in [2.24, 2.45) is 0 Å². The van der Waals surface area contributed by atoms with Crippen LogP contribution in [0, 0.1) is 0 Å². The van der Waals surface area contributed by atoms with E-state index in [0.29, 0.717) is 11.6 Å². The second kappa shape index (κ2) is 8.99. The van der Waals surface area contributed by atoms with E-state index in [1.807, 2.05) is 36.4 Å². The van der Waals surface area contributed by atoms with Crippen LogP contribution in [0.15, 0.2) is 73.2 Å². The smallest absolute Gasteiger partial charge is 0.420 e. The number of alkyl halides is 3. The zero-order valence-electron chi connectivity index (χ0n) is 19.8. The van der Waals surface area contributed by atoms with Gasteiger partial charge in [0.2, 0.25) is 5.95 Å². The fraction of sp³-hybridized carbons (Fsp3) is 0.148. The number of anilines is 3. The summed E-state index contributed by atoms with van der Waals surface area (Å²) in [5.41, 5.74) is 2.80. The van der Waals surface area contributed by atoms with Crippen LogP contribution in [0.4, 0.5) is 30.5 Å². The van der Waals surface area contributed by atoms with Gasteiger partial charge >= 0.3 is 6.18 Å². The molecule has 0 radical (unpaired) electrons. The van der Waals surface area contributed by atoms with Crippen molar-refractivity contribution in [1.82, 2.24) is 15.0 Å². The third-order valence-electron chi connectivity index (χ3n) is 6.13. The average Bonchev–Trinajstić information content (AvgIpc) is 2.90. The van der Waals surface area contributed by atoms with E-state index in [2.05, 4.69) is 20.3 Å². The van der Waals surface area contributed by atoms with Crippen LogP contribution in [0.25, 0.3) is 32.8 Å². The highest BCUT2D eigenvalue weighted by Crippen LogP contribution is 2.43. The molecule has 2 heterocycles. The van der Waals surface area contributed by atoms with E-state index >= 15 is 0 Å². The van der Waals surface area contributed by atoms with E-state index in [9.17, 15) is 13.2 Å². The summed E-state index contributed by atoms with van der Waals surface area (Å²) in [5, 5.41) is 5.61. The molecule has 0 aliphatic carbocycles. The van der Waals surface area contributed by atoms with Crippen molar-refractivity contribution in [3.8, 4) is 16.9 Å². The molecule has 5 aromatic rings. The van der Waals surface area contributed by atoms with Crippen LogP contribution in [0.5, 0.6) is 5.75 Å². The van der Waals surface area contributed by atoms with E-state index in [-0.39, 0.29) is 5.75 Å². The monoisotopic (exact) mass is 489 g/mol. The van der Waals surface area contributed by atoms with Gasteiger partial charge in [-0.2, -0.15) is 13.2 Å². The number of halogens is 3. The molecule has 0 saturated heterocycles. The Morgan fingerprint density at radius 3 is 2.53 bits per heavy atom. The molecule has 0 saturated carbocycles. The number of methoxy groups -OCH3 is 1. The van der Waals surface area contributed by atoms with Crippen molar-refractivity contribution in [2.75, 3.05) is 31.4 Å². The van der Waals surface area contributed by atoms with Crippen LogP contribution in [-0.4, -0.2) is 36.2 Å². The topological polar surface area (TPSA) is 63.2 Å². The summed E-state index contributed by atoms with van der Waals surface area (Å²) in [5.74, 6) is 0.298. The number of aromatic nitrogens is 3. The van der Waals surface area contributed by atoms with Gasteiger partial charge in [-0.15, -0.1) is 0 Å². The number of nitrogens with zero attached hydrogens (tertiary/aromatic N) is 4. The van der Waals surface area contributed by atoms with E-state index in [1.54, 1.807) is 43.7 Å². The fourth-order valence-electron chi connectivity index (χ4n) is 4.31. The minimum Gasteiger partial charge on any atom is -0.496 e. The number of fused-ring (bicyclic) bond motifs is 2. The molecule has 5 rings (SSSR count). The largest absolute Gasteiger partial charge is 0.496 e. The van der Waals surface area contributed by atoms with Crippen molar-refractivity contribution < 1.29 is 17.9 Å². The first-order chi connectivity index (χ1) is 17.3. The molecule has 3 aromatic carbocycles. The Balaban J connectivity index is 1.71. The van der Waals surface area contributed by atoms with E-state index < -0.39 is 11.7 Å².